The largest absolute Gasteiger partial charge is 0.381 e. The van der Waals surface area contributed by atoms with Crippen LogP contribution in [0.15, 0.2) is 72.9 Å². The number of aromatic nitrogens is 5. The summed E-state index contributed by atoms with van der Waals surface area (Å²) in [6.07, 6.45) is 3.50. The maximum Gasteiger partial charge on any atom is 0.251 e. The van der Waals surface area contributed by atoms with Gasteiger partial charge in [0.25, 0.3) is 5.91 Å². The molecule has 4 heterocycles. The summed E-state index contributed by atoms with van der Waals surface area (Å²) in [5.74, 6) is -0.0558. The van der Waals surface area contributed by atoms with E-state index >= 15 is 0 Å². The first-order chi connectivity index (χ1) is 17.2. The molecule has 35 heavy (non-hydrogen) atoms. The number of ether oxygens (including phenoxy) is 1. The third-order valence-electron chi connectivity index (χ3n) is 6.36. The minimum Gasteiger partial charge on any atom is -0.381 e. The van der Waals surface area contributed by atoms with Crippen LogP contribution in [0.25, 0.3) is 33.3 Å². The van der Waals surface area contributed by atoms with E-state index in [9.17, 15) is 4.79 Å². The SMILES string of the molecule is O=C(NC1CCOCC1)c1ccc(-c2ccc3nnn(Cc4ccc5ncccc5c4)c3n2)cc1. The first kappa shape index (κ1) is 21.4. The van der Waals surface area contributed by atoms with Crippen LogP contribution in [0.5, 0.6) is 0 Å². The van der Waals surface area contributed by atoms with Gasteiger partial charge in [0, 0.05) is 42.0 Å². The van der Waals surface area contributed by atoms with Crippen LogP contribution in [0.1, 0.15) is 28.8 Å². The van der Waals surface area contributed by atoms with E-state index in [2.05, 4.69) is 38.8 Å². The fourth-order valence-electron chi connectivity index (χ4n) is 4.42. The van der Waals surface area contributed by atoms with Crippen molar-refractivity contribution in [3.8, 4) is 11.3 Å². The van der Waals surface area contributed by atoms with Crippen molar-refractivity contribution in [3.63, 3.8) is 0 Å². The maximum atomic E-state index is 12.6. The van der Waals surface area contributed by atoms with Crippen molar-refractivity contribution in [1.29, 1.82) is 0 Å². The monoisotopic (exact) mass is 464 g/mol. The Morgan fingerprint density at radius 1 is 1.00 bits per heavy atom. The Morgan fingerprint density at radius 3 is 2.69 bits per heavy atom. The van der Waals surface area contributed by atoms with Gasteiger partial charge in [-0.2, -0.15) is 0 Å². The molecule has 0 spiro atoms. The topological polar surface area (TPSA) is 94.8 Å². The lowest BCUT2D eigenvalue weighted by Gasteiger charge is -2.23. The fourth-order valence-corrected chi connectivity index (χ4v) is 4.42. The molecular weight excluding hydrogens is 440 g/mol. The molecule has 1 amide bonds. The molecule has 0 bridgehead atoms. The van der Waals surface area contributed by atoms with Crippen molar-refractivity contribution in [1.82, 2.24) is 30.3 Å². The van der Waals surface area contributed by atoms with Gasteiger partial charge in [0.2, 0.25) is 0 Å². The summed E-state index contributed by atoms with van der Waals surface area (Å²) < 4.78 is 7.18. The minimum atomic E-state index is -0.0558. The Bertz CT molecular complexity index is 1510. The highest BCUT2D eigenvalue weighted by Gasteiger charge is 2.17. The number of rotatable bonds is 5. The molecule has 3 aromatic heterocycles. The van der Waals surface area contributed by atoms with E-state index < -0.39 is 0 Å². The normalized spacial score (nSPS) is 14.4. The number of hydrogen-bond donors (Lipinski definition) is 1. The highest BCUT2D eigenvalue weighted by molar-refractivity contribution is 5.95. The highest BCUT2D eigenvalue weighted by Crippen LogP contribution is 2.22. The molecule has 1 aliphatic rings. The van der Waals surface area contributed by atoms with Gasteiger partial charge in [-0.15, -0.1) is 5.10 Å². The van der Waals surface area contributed by atoms with Gasteiger partial charge in [0.1, 0.15) is 5.52 Å². The molecule has 0 unspecified atom stereocenters. The fraction of sp³-hybridized carbons (Fsp3) is 0.222. The van der Waals surface area contributed by atoms with Gasteiger partial charge >= 0.3 is 0 Å². The number of benzene rings is 2. The van der Waals surface area contributed by atoms with Crippen LogP contribution in [0, 0.1) is 0 Å². The molecule has 0 saturated carbocycles. The lowest BCUT2D eigenvalue weighted by molar-refractivity contribution is 0.0696. The molecule has 1 fully saturated rings. The summed E-state index contributed by atoms with van der Waals surface area (Å²) in [5, 5.41) is 12.8. The van der Waals surface area contributed by atoms with Gasteiger partial charge < -0.3 is 10.1 Å². The van der Waals surface area contributed by atoms with E-state index in [1.165, 1.54) is 0 Å². The van der Waals surface area contributed by atoms with Crippen LogP contribution in [-0.4, -0.2) is 50.1 Å². The van der Waals surface area contributed by atoms with E-state index in [-0.39, 0.29) is 11.9 Å². The Balaban J connectivity index is 1.23. The quantitative estimate of drug-likeness (QED) is 0.423. The number of nitrogens with zero attached hydrogens (tertiary/aromatic N) is 5. The third-order valence-corrected chi connectivity index (χ3v) is 6.36. The first-order valence-corrected chi connectivity index (χ1v) is 11.8. The van der Waals surface area contributed by atoms with Crippen LogP contribution in [0.4, 0.5) is 0 Å². The van der Waals surface area contributed by atoms with Gasteiger partial charge in [-0.25, -0.2) is 9.67 Å². The van der Waals surface area contributed by atoms with Crippen molar-refractivity contribution in [2.75, 3.05) is 13.2 Å². The second-order valence-corrected chi connectivity index (χ2v) is 8.75. The van der Waals surface area contributed by atoms with Crippen LogP contribution in [0.3, 0.4) is 0 Å². The number of nitrogens with one attached hydrogen (secondary N) is 1. The summed E-state index contributed by atoms with van der Waals surface area (Å²) in [6, 6.07) is 21.7. The van der Waals surface area contributed by atoms with Gasteiger partial charge in [-0.3, -0.25) is 9.78 Å². The van der Waals surface area contributed by atoms with Crippen LogP contribution >= 0.6 is 0 Å². The Labute approximate surface area is 202 Å². The van der Waals surface area contributed by atoms with E-state index in [1.807, 2.05) is 53.2 Å². The molecule has 0 atom stereocenters. The van der Waals surface area contributed by atoms with Crippen LogP contribution < -0.4 is 5.32 Å². The predicted octanol–water partition coefficient (Wildman–Crippen LogP) is 4.00. The van der Waals surface area contributed by atoms with E-state index in [1.54, 1.807) is 6.20 Å². The number of carbonyl (C=O) groups is 1. The minimum absolute atomic E-state index is 0.0558. The maximum absolute atomic E-state index is 12.6. The van der Waals surface area contributed by atoms with Crippen molar-refractivity contribution in [3.05, 3.63) is 84.1 Å². The Kier molecular flexibility index (Phi) is 5.64. The van der Waals surface area contributed by atoms with Crippen LogP contribution in [-0.2, 0) is 11.3 Å². The average Bonchev–Trinajstić information content (AvgIpc) is 3.31. The second-order valence-electron chi connectivity index (χ2n) is 8.75. The number of carbonyl (C=O) groups excluding carboxylic acids is 1. The number of fused-ring (bicyclic) bond motifs is 2. The molecule has 6 rings (SSSR count). The Morgan fingerprint density at radius 2 is 1.83 bits per heavy atom. The second kappa shape index (κ2) is 9.23. The molecule has 1 aliphatic heterocycles. The molecule has 2 aromatic carbocycles. The highest BCUT2D eigenvalue weighted by atomic mass is 16.5. The van der Waals surface area contributed by atoms with Crippen molar-refractivity contribution >= 4 is 28.0 Å². The number of amides is 1. The molecule has 8 heteroatoms. The van der Waals surface area contributed by atoms with Crippen molar-refractivity contribution in [2.45, 2.75) is 25.4 Å². The van der Waals surface area contributed by atoms with E-state index in [0.29, 0.717) is 25.3 Å². The first-order valence-electron chi connectivity index (χ1n) is 11.8. The molecule has 5 aromatic rings. The summed E-state index contributed by atoms with van der Waals surface area (Å²) in [7, 11) is 0. The zero-order chi connectivity index (χ0) is 23.6. The van der Waals surface area contributed by atoms with Crippen molar-refractivity contribution in [2.24, 2.45) is 0 Å². The molecular formula is C27H24N6O2. The molecule has 1 saturated heterocycles. The number of pyridine rings is 2. The van der Waals surface area contributed by atoms with Gasteiger partial charge in [0.05, 0.1) is 17.8 Å². The zero-order valence-corrected chi connectivity index (χ0v) is 19.1. The van der Waals surface area contributed by atoms with Gasteiger partial charge in [-0.1, -0.05) is 29.5 Å². The van der Waals surface area contributed by atoms with E-state index in [4.69, 9.17) is 9.72 Å². The molecule has 174 valence electrons. The van der Waals surface area contributed by atoms with Gasteiger partial charge in [0.15, 0.2) is 5.65 Å². The zero-order valence-electron chi connectivity index (χ0n) is 19.1. The summed E-state index contributed by atoms with van der Waals surface area (Å²) in [6.45, 7) is 1.95. The standard InChI is InChI=1S/C27H24N6O2/c34-27(29-22-11-14-35-15-12-22)20-6-4-19(5-7-20)24-9-10-25-26(30-24)33(32-31-25)17-18-3-8-23-21(16-18)2-1-13-28-23/h1-10,13,16,22H,11-12,14-15,17H2,(H,29,34). The molecule has 0 aliphatic carbocycles. The lowest BCUT2D eigenvalue weighted by Crippen LogP contribution is -2.38. The molecule has 1 N–H and O–H groups in total. The number of hydrogen-bond acceptors (Lipinski definition) is 6. The van der Waals surface area contributed by atoms with Crippen LogP contribution in [0.2, 0.25) is 0 Å². The average molecular weight is 465 g/mol. The molecule has 8 nitrogen and oxygen atoms in total. The summed E-state index contributed by atoms with van der Waals surface area (Å²) in [5.41, 5.74) is 5.89. The van der Waals surface area contributed by atoms with Crippen molar-refractivity contribution < 1.29 is 9.53 Å². The summed E-state index contributed by atoms with van der Waals surface area (Å²) in [4.78, 5) is 21.8. The van der Waals surface area contributed by atoms with Gasteiger partial charge in [-0.05, 0) is 60.9 Å². The smallest absolute Gasteiger partial charge is 0.251 e. The third kappa shape index (κ3) is 4.48. The summed E-state index contributed by atoms with van der Waals surface area (Å²) >= 11 is 0. The van der Waals surface area contributed by atoms with E-state index in [0.717, 1.165) is 51.7 Å². The predicted molar refractivity (Wildman–Crippen MR) is 133 cm³/mol. The lowest BCUT2D eigenvalue weighted by atomic mass is 10.1. The Hall–Kier alpha value is -4.17. The molecule has 0 radical (unpaired) electrons.